The van der Waals surface area contributed by atoms with Gasteiger partial charge >= 0.3 is 6.36 Å². The number of nitrogens with zero attached hydrogens (tertiary/aromatic N) is 5. The summed E-state index contributed by atoms with van der Waals surface area (Å²) in [5, 5.41) is 17.4. The van der Waals surface area contributed by atoms with Gasteiger partial charge in [0.25, 0.3) is 0 Å². The predicted molar refractivity (Wildman–Crippen MR) is 125 cm³/mol. The van der Waals surface area contributed by atoms with Gasteiger partial charge in [-0.25, -0.2) is 10.1 Å². The number of tetrazole rings is 1. The maximum atomic E-state index is 12.5. The summed E-state index contributed by atoms with van der Waals surface area (Å²) in [5.74, 6) is 1.45. The first-order valence-corrected chi connectivity index (χ1v) is 11.5. The molecule has 1 aliphatic rings. The summed E-state index contributed by atoms with van der Waals surface area (Å²) >= 11 is 0. The highest BCUT2D eigenvalue weighted by molar-refractivity contribution is 5.84. The number of hydrogen-bond donors (Lipinski definition) is 2. The summed E-state index contributed by atoms with van der Waals surface area (Å²) in [5.41, 5.74) is 3.34. The van der Waals surface area contributed by atoms with Crippen molar-refractivity contribution in [2.75, 3.05) is 5.32 Å². The van der Waals surface area contributed by atoms with Crippen LogP contribution in [0, 0.1) is 11.3 Å². The summed E-state index contributed by atoms with van der Waals surface area (Å²) in [4.78, 5) is 4.87. The molecule has 2 atom stereocenters. The number of imidazole rings is 1. The highest BCUT2D eigenvalue weighted by Crippen LogP contribution is 2.46. The monoisotopic (exact) mass is 485 g/mol. The van der Waals surface area contributed by atoms with E-state index in [1.54, 1.807) is 12.1 Å². The zero-order chi connectivity index (χ0) is 24.8. The van der Waals surface area contributed by atoms with Gasteiger partial charge < -0.3 is 14.6 Å². The van der Waals surface area contributed by atoms with Gasteiger partial charge in [-0.3, -0.25) is 0 Å². The highest BCUT2D eigenvalue weighted by atomic mass is 19.4. The van der Waals surface area contributed by atoms with Crippen molar-refractivity contribution >= 4 is 22.7 Å². The van der Waals surface area contributed by atoms with E-state index < -0.39 is 6.36 Å². The molecule has 35 heavy (non-hydrogen) atoms. The van der Waals surface area contributed by atoms with Crippen molar-refractivity contribution in [3.05, 3.63) is 42.5 Å². The van der Waals surface area contributed by atoms with Crippen molar-refractivity contribution in [2.45, 2.75) is 52.4 Å². The number of hydrogen-bond acceptors (Lipinski definition) is 6. The average Bonchev–Trinajstić information content (AvgIpc) is 3.40. The Morgan fingerprint density at radius 3 is 2.54 bits per heavy atom. The van der Waals surface area contributed by atoms with E-state index in [4.69, 9.17) is 4.98 Å². The van der Waals surface area contributed by atoms with E-state index in [0.29, 0.717) is 23.4 Å². The molecule has 2 N–H and O–H groups in total. The number of ether oxygens (including phenoxy) is 1. The lowest BCUT2D eigenvalue weighted by Crippen LogP contribution is -2.29. The summed E-state index contributed by atoms with van der Waals surface area (Å²) in [7, 11) is 0. The van der Waals surface area contributed by atoms with E-state index in [0.717, 1.165) is 35.9 Å². The van der Waals surface area contributed by atoms with Gasteiger partial charge in [0.2, 0.25) is 5.95 Å². The Labute approximate surface area is 199 Å². The molecule has 5 rings (SSSR count). The van der Waals surface area contributed by atoms with Crippen LogP contribution in [0.15, 0.2) is 42.5 Å². The van der Waals surface area contributed by atoms with Gasteiger partial charge in [-0.2, -0.15) is 0 Å². The van der Waals surface area contributed by atoms with Gasteiger partial charge in [-0.1, -0.05) is 20.8 Å². The van der Waals surface area contributed by atoms with Crippen LogP contribution in [-0.4, -0.2) is 36.5 Å². The molecule has 4 aromatic rings. The van der Waals surface area contributed by atoms with Crippen molar-refractivity contribution in [1.29, 1.82) is 0 Å². The second-order valence-electron chi connectivity index (χ2n) is 10.0. The number of anilines is 2. The van der Waals surface area contributed by atoms with Gasteiger partial charge in [0.05, 0.1) is 11.0 Å². The SMILES string of the molecule is CC1CC(n2c(Nc3ccc(OC(F)(F)F)cc3)nc3cc(-c4nnn[nH]4)ccc32)CC(C)(C)C1. The third kappa shape index (κ3) is 5.08. The fraction of sp³-hybridized carbons (Fsp3) is 0.417. The normalized spacial score (nSPS) is 20.2. The lowest BCUT2D eigenvalue weighted by atomic mass is 9.70. The summed E-state index contributed by atoms with van der Waals surface area (Å²) in [6.45, 7) is 6.85. The lowest BCUT2D eigenvalue weighted by molar-refractivity contribution is -0.274. The van der Waals surface area contributed by atoms with Gasteiger partial charge in [-0.05, 0) is 83.5 Å². The number of nitrogens with one attached hydrogen (secondary N) is 2. The molecular formula is C24H26F3N7O. The van der Waals surface area contributed by atoms with Crippen LogP contribution in [0.3, 0.4) is 0 Å². The van der Waals surface area contributed by atoms with Crippen LogP contribution in [0.5, 0.6) is 5.75 Å². The third-order valence-corrected chi connectivity index (χ3v) is 6.38. The first kappa shape index (κ1) is 23.1. The van der Waals surface area contributed by atoms with Crippen molar-refractivity contribution in [3.8, 4) is 17.1 Å². The number of H-pyrrole nitrogens is 1. The van der Waals surface area contributed by atoms with Crippen LogP contribution >= 0.6 is 0 Å². The Morgan fingerprint density at radius 2 is 1.89 bits per heavy atom. The first-order chi connectivity index (χ1) is 16.6. The molecule has 0 saturated heterocycles. The molecule has 2 aromatic heterocycles. The summed E-state index contributed by atoms with van der Waals surface area (Å²) in [6, 6.07) is 11.8. The molecule has 0 aliphatic heterocycles. The molecule has 0 amide bonds. The largest absolute Gasteiger partial charge is 0.573 e. The van der Waals surface area contributed by atoms with Crippen LogP contribution in [0.2, 0.25) is 0 Å². The zero-order valence-electron chi connectivity index (χ0n) is 19.6. The van der Waals surface area contributed by atoms with Crippen LogP contribution in [-0.2, 0) is 0 Å². The van der Waals surface area contributed by atoms with Gasteiger partial charge in [0.1, 0.15) is 5.75 Å². The van der Waals surface area contributed by atoms with E-state index in [2.05, 4.69) is 56.0 Å². The van der Waals surface area contributed by atoms with E-state index >= 15 is 0 Å². The third-order valence-electron chi connectivity index (χ3n) is 6.38. The molecule has 1 aliphatic carbocycles. The second kappa shape index (κ2) is 8.54. The Bertz CT molecular complexity index is 1310. The zero-order valence-corrected chi connectivity index (χ0v) is 19.6. The van der Waals surface area contributed by atoms with Gasteiger partial charge in [0, 0.05) is 17.3 Å². The van der Waals surface area contributed by atoms with E-state index in [9.17, 15) is 13.2 Å². The number of aromatic amines is 1. The standard InChI is InChI=1S/C24H26F3N7O/c1-14-10-17(13-23(2,3)12-14)34-20-9-4-15(21-30-32-33-31-21)11-19(20)29-22(34)28-16-5-7-18(8-6-16)35-24(25,26)27/h4-9,11,14,17H,10,12-13H2,1-3H3,(H,28,29)(H,30,31,32,33). The minimum atomic E-state index is -4.73. The molecule has 0 radical (unpaired) electrons. The van der Waals surface area contributed by atoms with Crippen molar-refractivity contribution in [3.63, 3.8) is 0 Å². The number of aromatic nitrogens is 6. The minimum Gasteiger partial charge on any atom is -0.406 e. The van der Waals surface area contributed by atoms with Crippen LogP contribution < -0.4 is 10.1 Å². The second-order valence-corrected chi connectivity index (χ2v) is 10.0. The lowest BCUT2D eigenvalue weighted by Gasteiger charge is -2.40. The van der Waals surface area contributed by atoms with Crippen LogP contribution in [0.1, 0.15) is 46.1 Å². The number of fused-ring (bicyclic) bond motifs is 1. The van der Waals surface area contributed by atoms with E-state index in [1.165, 1.54) is 12.1 Å². The fourth-order valence-corrected chi connectivity index (χ4v) is 5.35. The number of rotatable bonds is 5. The maximum absolute atomic E-state index is 12.5. The Morgan fingerprint density at radius 1 is 1.11 bits per heavy atom. The predicted octanol–water partition coefficient (Wildman–Crippen LogP) is 6.25. The molecule has 184 valence electrons. The highest BCUT2D eigenvalue weighted by Gasteiger charge is 2.35. The molecule has 1 saturated carbocycles. The molecule has 2 heterocycles. The molecule has 0 bridgehead atoms. The molecular weight excluding hydrogens is 459 g/mol. The Kier molecular flexibility index (Phi) is 5.65. The molecule has 2 unspecified atom stereocenters. The topological polar surface area (TPSA) is 93.5 Å². The molecule has 11 heteroatoms. The summed E-state index contributed by atoms with van der Waals surface area (Å²) in [6.07, 6.45) is -1.58. The molecule has 8 nitrogen and oxygen atoms in total. The van der Waals surface area contributed by atoms with Crippen molar-refractivity contribution in [1.82, 2.24) is 30.2 Å². The van der Waals surface area contributed by atoms with E-state index in [-0.39, 0.29) is 17.2 Å². The Balaban J connectivity index is 1.54. The Hall–Kier alpha value is -3.63. The fourth-order valence-electron chi connectivity index (χ4n) is 5.35. The minimum absolute atomic E-state index is 0.179. The first-order valence-electron chi connectivity index (χ1n) is 11.5. The van der Waals surface area contributed by atoms with Crippen molar-refractivity contribution in [2.24, 2.45) is 11.3 Å². The average molecular weight is 486 g/mol. The molecule has 2 aromatic carbocycles. The molecule has 0 spiro atoms. The van der Waals surface area contributed by atoms with Crippen molar-refractivity contribution < 1.29 is 17.9 Å². The number of benzene rings is 2. The summed E-state index contributed by atoms with van der Waals surface area (Å²) < 4.78 is 43.8. The number of halogens is 3. The smallest absolute Gasteiger partial charge is 0.406 e. The molecule has 1 fully saturated rings. The maximum Gasteiger partial charge on any atom is 0.573 e. The van der Waals surface area contributed by atoms with Gasteiger partial charge in [-0.15, -0.1) is 18.3 Å². The van der Waals surface area contributed by atoms with Gasteiger partial charge in [0.15, 0.2) is 5.82 Å². The number of alkyl halides is 3. The van der Waals surface area contributed by atoms with Crippen LogP contribution in [0.25, 0.3) is 22.4 Å². The quantitative estimate of drug-likeness (QED) is 0.347. The van der Waals surface area contributed by atoms with Crippen LogP contribution in [0.4, 0.5) is 24.8 Å². The van der Waals surface area contributed by atoms with E-state index in [1.807, 2.05) is 18.2 Å².